The second-order valence-electron chi connectivity index (χ2n) is 5.24. The lowest BCUT2D eigenvalue weighted by molar-refractivity contribution is -0.138. The van der Waals surface area contributed by atoms with E-state index in [-0.39, 0.29) is 24.4 Å². The summed E-state index contributed by atoms with van der Waals surface area (Å²) in [6.45, 7) is 2.97. The van der Waals surface area contributed by atoms with Crippen LogP contribution in [0.3, 0.4) is 0 Å². The maximum atomic E-state index is 12.0. The molecule has 1 heterocycles. The van der Waals surface area contributed by atoms with E-state index >= 15 is 0 Å². The second kappa shape index (κ2) is 6.52. The van der Waals surface area contributed by atoms with Crippen molar-refractivity contribution in [3.8, 4) is 0 Å². The Morgan fingerprint density at radius 1 is 1.40 bits per heavy atom. The fourth-order valence-corrected chi connectivity index (χ4v) is 2.53. The van der Waals surface area contributed by atoms with Crippen LogP contribution in [0.5, 0.6) is 0 Å². The molecule has 108 valence electrons. The lowest BCUT2D eigenvalue weighted by Crippen LogP contribution is -2.45. The van der Waals surface area contributed by atoms with Gasteiger partial charge in [0.25, 0.3) is 0 Å². The highest BCUT2D eigenvalue weighted by Gasteiger charge is 2.30. The van der Waals surface area contributed by atoms with Crippen LogP contribution in [0.15, 0.2) is 30.3 Å². The predicted molar refractivity (Wildman–Crippen MR) is 75.4 cm³/mol. The molecule has 1 fully saturated rings. The summed E-state index contributed by atoms with van der Waals surface area (Å²) in [5.74, 6) is -1.46. The van der Waals surface area contributed by atoms with Crippen LogP contribution in [0.2, 0.25) is 0 Å². The smallest absolute Gasteiger partial charge is 0.312 e. The van der Waals surface area contributed by atoms with Crippen molar-refractivity contribution in [2.24, 2.45) is 5.92 Å². The van der Waals surface area contributed by atoms with Gasteiger partial charge in [0.1, 0.15) is 0 Å². The summed E-state index contributed by atoms with van der Waals surface area (Å²) in [4.78, 5) is 23.4. The first-order valence-electron chi connectivity index (χ1n) is 6.88. The van der Waals surface area contributed by atoms with Crippen LogP contribution in [0.4, 0.5) is 0 Å². The minimum absolute atomic E-state index is 0.114. The Labute approximate surface area is 118 Å². The molecular formula is C15H20N2O3. The average Bonchev–Trinajstić information content (AvgIpc) is 2.86. The van der Waals surface area contributed by atoms with E-state index in [1.54, 1.807) is 24.3 Å². The van der Waals surface area contributed by atoms with E-state index in [9.17, 15) is 14.7 Å². The first-order valence-corrected chi connectivity index (χ1v) is 6.88. The first kappa shape index (κ1) is 14.5. The van der Waals surface area contributed by atoms with Gasteiger partial charge in [-0.05, 0) is 24.4 Å². The molecule has 1 aromatic rings. The number of benzene rings is 1. The van der Waals surface area contributed by atoms with Gasteiger partial charge in [0, 0.05) is 6.54 Å². The molecule has 0 radical (unpaired) electrons. The molecule has 5 nitrogen and oxygen atoms in total. The van der Waals surface area contributed by atoms with E-state index in [1.165, 1.54) is 0 Å². The van der Waals surface area contributed by atoms with Crippen molar-refractivity contribution >= 4 is 11.9 Å². The average molecular weight is 276 g/mol. The van der Waals surface area contributed by atoms with Crippen molar-refractivity contribution in [1.29, 1.82) is 0 Å². The highest BCUT2D eigenvalue weighted by atomic mass is 16.4. The maximum absolute atomic E-state index is 12.0. The number of hydrogen-bond acceptors (Lipinski definition) is 3. The predicted octanol–water partition coefficient (Wildman–Crippen LogP) is 0.969. The molecule has 3 N–H and O–H groups in total. The number of carboxylic acid groups (broad SMARTS) is 1. The van der Waals surface area contributed by atoms with Gasteiger partial charge in [0.15, 0.2) is 0 Å². The van der Waals surface area contributed by atoms with Gasteiger partial charge in [-0.15, -0.1) is 0 Å². The standard InChI is InChI=1S/C15H20N2O3/c1-10-7-8-16-13(10)14(18)17-9-12(15(19)20)11-5-3-2-4-6-11/h2-6,10,12-13,16H,7-9H2,1H3,(H,17,18)(H,19,20). The molecular weight excluding hydrogens is 256 g/mol. The summed E-state index contributed by atoms with van der Waals surface area (Å²) in [7, 11) is 0. The van der Waals surface area contributed by atoms with Crippen molar-refractivity contribution in [3.05, 3.63) is 35.9 Å². The third kappa shape index (κ3) is 3.36. The Kier molecular flexibility index (Phi) is 4.74. The zero-order chi connectivity index (χ0) is 14.5. The number of amides is 1. The van der Waals surface area contributed by atoms with Crippen LogP contribution < -0.4 is 10.6 Å². The van der Waals surface area contributed by atoms with Gasteiger partial charge in [-0.25, -0.2) is 0 Å². The third-order valence-corrected chi connectivity index (χ3v) is 3.80. The largest absolute Gasteiger partial charge is 0.481 e. The molecule has 1 aromatic carbocycles. The van der Waals surface area contributed by atoms with Crippen molar-refractivity contribution in [2.75, 3.05) is 13.1 Å². The van der Waals surface area contributed by atoms with Gasteiger partial charge in [-0.2, -0.15) is 0 Å². The van der Waals surface area contributed by atoms with Gasteiger partial charge >= 0.3 is 5.97 Å². The van der Waals surface area contributed by atoms with E-state index in [4.69, 9.17) is 0 Å². The van der Waals surface area contributed by atoms with Crippen molar-refractivity contribution in [3.63, 3.8) is 0 Å². The van der Waals surface area contributed by atoms with E-state index in [1.807, 2.05) is 13.0 Å². The van der Waals surface area contributed by atoms with Gasteiger partial charge < -0.3 is 15.7 Å². The van der Waals surface area contributed by atoms with E-state index in [0.717, 1.165) is 13.0 Å². The molecule has 1 saturated heterocycles. The number of carbonyl (C=O) groups excluding carboxylic acids is 1. The first-order chi connectivity index (χ1) is 9.59. The van der Waals surface area contributed by atoms with E-state index < -0.39 is 11.9 Å². The van der Waals surface area contributed by atoms with Gasteiger partial charge in [0.2, 0.25) is 5.91 Å². The Bertz CT molecular complexity index is 475. The quantitative estimate of drug-likeness (QED) is 0.749. The topological polar surface area (TPSA) is 78.4 Å². The SMILES string of the molecule is CC1CCNC1C(=O)NCC(C(=O)O)c1ccccc1. The summed E-state index contributed by atoms with van der Waals surface area (Å²) >= 11 is 0. The lowest BCUT2D eigenvalue weighted by atomic mass is 9.98. The van der Waals surface area contributed by atoms with Crippen LogP contribution in [-0.2, 0) is 9.59 Å². The molecule has 1 amide bonds. The Balaban J connectivity index is 1.96. The molecule has 2 rings (SSSR count). The van der Waals surface area contributed by atoms with Gasteiger partial charge in [0.05, 0.1) is 12.0 Å². The lowest BCUT2D eigenvalue weighted by Gasteiger charge is -2.18. The molecule has 20 heavy (non-hydrogen) atoms. The molecule has 0 aromatic heterocycles. The van der Waals surface area contributed by atoms with Gasteiger partial charge in [-0.1, -0.05) is 37.3 Å². The highest BCUT2D eigenvalue weighted by Crippen LogP contribution is 2.17. The summed E-state index contributed by atoms with van der Waals surface area (Å²) in [6.07, 6.45) is 0.971. The Morgan fingerprint density at radius 2 is 2.10 bits per heavy atom. The third-order valence-electron chi connectivity index (χ3n) is 3.80. The number of carbonyl (C=O) groups is 2. The minimum atomic E-state index is -0.927. The van der Waals surface area contributed by atoms with Crippen LogP contribution in [0.25, 0.3) is 0 Å². The fourth-order valence-electron chi connectivity index (χ4n) is 2.53. The Morgan fingerprint density at radius 3 is 2.65 bits per heavy atom. The van der Waals surface area contributed by atoms with E-state index in [2.05, 4.69) is 10.6 Å². The number of hydrogen-bond donors (Lipinski definition) is 3. The summed E-state index contributed by atoms with van der Waals surface area (Å²) in [6, 6.07) is 8.76. The molecule has 1 aliphatic rings. The minimum Gasteiger partial charge on any atom is -0.481 e. The van der Waals surface area contributed by atoms with Crippen LogP contribution in [-0.4, -0.2) is 36.1 Å². The van der Waals surface area contributed by atoms with Crippen molar-refractivity contribution in [1.82, 2.24) is 10.6 Å². The molecule has 1 aliphatic heterocycles. The molecule has 3 atom stereocenters. The number of rotatable bonds is 5. The van der Waals surface area contributed by atoms with E-state index in [0.29, 0.717) is 5.56 Å². The van der Waals surface area contributed by atoms with Crippen molar-refractivity contribution < 1.29 is 14.7 Å². The summed E-state index contributed by atoms with van der Waals surface area (Å²) in [5.41, 5.74) is 0.702. The maximum Gasteiger partial charge on any atom is 0.312 e. The van der Waals surface area contributed by atoms with Crippen LogP contribution in [0, 0.1) is 5.92 Å². The molecule has 0 aliphatic carbocycles. The van der Waals surface area contributed by atoms with Crippen molar-refractivity contribution in [2.45, 2.75) is 25.3 Å². The Hall–Kier alpha value is -1.88. The second-order valence-corrected chi connectivity index (χ2v) is 5.24. The summed E-state index contributed by atoms with van der Waals surface area (Å²) < 4.78 is 0. The van der Waals surface area contributed by atoms with Crippen LogP contribution in [0.1, 0.15) is 24.8 Å². The zero-order valence-corrected chi connectivity index (χ0v) is 11.5. The molecule has 0 spiro atoms. The highest BCUT2D eigenvalue weighted by molar-refractivity contribution is 5.84. The number of nitrogens with one attached hydrogen (secondary N) is 2. The monoisotopic (exact) mass is 276 g/mol. The fraction of sp³-hybridized carbons (Fsp3) is 0.467. The zero-order valence-electron chi connectivity index (χ0n) is 11.5. The normalized spacial score (nSPS) is 23.2. The number of carboxylic acids is 1. The molecule has 0 saturated carbocycles. The number of aliphatic carboxylic acids is 1. The van der Waals surface area contributed by atoms with Gasteiger partial charge in [-0.3, -0.25) is 9.59 Å². The summed E-state index contributed by atoms with van der Waals surface area (Å²) in [5, 5.41) is 15.2. The molecule has 0 bridgehead atoms. The molecule has 5 heteroatoms. The van der Waals surface area contributed by atoms with Crippen LogP contribution >= 0.6 is 0 Å². The molecule has 3 unspecified atom stereocenters.